The van der Waals surface area contributed by atoms with Crippen LogP contribution in [0.25, 0.3) is 82.9 Å². The molecule has 0 saturated heterocycles. The average Bonchev–Trinajstić information content (AvgIpc) is 3.83. The zero-order valence-corrected chi connectivity index (χ0v) is 29.0. The van der Waals surface area contributed by atoms with Gasteiger partial charge in [0.25, 0.3) is 0 Å². The summed E-state index contributed by atoms with van der Waals surface area (Å²) in [7, 11) is 0. The average molecular weight is 694 g/mol. The van der Waals surface area contributed by atoms with Crippen LogP contribution in [0.15, 0.2) is 190 Å². The second-order valence-corrected chi connectivity index (χ2v) is 13.7. The molecule has 0 radical (unpaired) electrons. The van der Waals surface area contributed by atoms with Gasteiger partial charge in [-0.3, -0.25) is 0 Å². The van der Waals surface area contributed by atoms with Gasteiger partial charge in [0, 0.05) is 43.8 Å². The molecule has 0 saturated carbocycles. The van der Waals surface area contributed by atoms with Gasteiger partial charge in [0.05, 0.1) is 28.3 Å². The predicted molar refractivity (Wildman–Crippen MR) is 220 cm³/mol. The maximum Gasteiger partial charge on any atom is 0.147 e. The van der Waals surface area contributed by atoms with Gasteiger partial charge in [0.15, 0.2) is 0 Å². The van der Waals surface area contributed by atoms with E-state index in [1.807, 2.05) is 48.5 Å². The summed E-state index contributed by atoms with van der Waals surface area (Å²) >= 11 is 0. The summed E-state index contributed by atoms with van der Waals surface area (Å²) in [4.78, 5) is 10.7. The number of benzene rings is 7. The number of pyridine rings is 1. The maximum absolute atomic E-state index is 6.68. The first-order chi connectivity index (χ1) is 26.8. The second-order valence-electron chi connectivity index (χ2n) is 13.7. The molecule has 10 aromatic rings. The van der Waals surface area contributed by atoms with Crippen LogP contribution in [-0.2, 0) is 0 Å². The molecule has 1 unspecified atom stereocenters. The minimum Gasteiger partial charge on any atom is -0.455 e. The highest BCUT2D eigenvalue weighted by Crippen LogP contribution is 2.44. The van der Waals surface area contributed by atoms with E-state index in [1.54, 1.807) is 0 Å². The van der Waals surface area contributed by atoms with E-state index in [4.69, 9.17) is 18.8 Å². The summed E-state index contributed by atoms with van der Waals surface area (Å²) in [6.45, 7) is 0. The quantitative estimate of drug-likeness (QED) is 0.195. The third-order valence-electron chi connectivity index (χ3n) is 10.5. The largest absolute Gasteiger partial charge is 0.455 e. The fourth-order valence-electron chi connectivity index (χ4n) is 7.95. The molecule has 7 aromatic carbocycles. The van der Waals surface area contributed by atoms with E-state index < -0.39 is 0 Å². The summed E-state index contributed by atoms with van der Waals surface area (Å²) in [5.41, 5.74) is 12.3. The molecule has 0 bridgehead atoms. The number of rotatable bonds is 5. The molecule has 4 heterocycles. The Morgan fingerprint density at radius 2 is 1.07 bits per heavy atom. The molecule has 1 aliphatic heterocycles. The predicted octanol–water partition coefficient (Wildman–Crippen LogP) is 12.5. The molecule has 1 aliphatic rings. The van der Waals surface area contributed by atoms with Crippen LogP contribution in [0.1, 0.15) is 22.7 Å². The van der Waals surface area contributed by atoms with Crippen LogP contribution in [0.3, 0.4) is 0 Å². The van der Waals surface area contributed by atoms with Crippen molar-refractivity contribution in [3.63, 3.8) is 0 Å². The molecule has 0 amide bonds. The topological polar surface area (TPSA) is 63.6 Å². The molecule has 0 fully saturated rings. The summed E-state index contributed by atoms with van der Waals surface area (Å²) in [5.74, 6) is 0.848. The Labute approximate surface area is 310 Å². The number of nitrogens with one attached hydrogen (secondary N) is 1. The number of aromatic nitrogens is 1. The first kappa shape index (κ1) is 30.4. The van der Waals surface area contributed by atoms with Gasteiger partial charge in [0.1, 0.15) is 28.2 Å². The lowest BCUT2D eigenvalue weighted by Crippen LogP contribution is -2.31. The highest BCUT2D eigenvalue weighted by Gasteiger charge is 2.23. The normalized spacial score (nSPS) is 14.5. The van der Waals surface area contributed by atoms with Crippen molar-refractivity contribution in [1.82, 2.24) is 10.3 Å². The number of para-hydroxylation sites is 4. The number of furan rings is 2. The van der Waals surface area contributed by atoms with Gasteiger partial charge >= 0.3 is 0 Å². The van der Waals surface area contributed by atoms with E-state index in [0.717, 1.165) is 99.8 Å². The maximum atomic E-state index is 6.68. The van der Waals surface area contributed by atoms with Crippen molar-refractivity contribution >= 4 is 66.3 Å². The van der Waals surface area contributed by atoms with Crippen molar-refractivity contribution in [2.75, 3.05) is 0 Å². The summed E-state index contributed by atoms with van der Waals surface area (Å²) < 4.78 is 13.2. The molecule has 11 rings (SSSR count). The van der Waals surface area contributed by atoms with Gasteiger partial charge in [-0.25, -0.2) is 9.98 Å². The van der Waals surface area contributed by atoms with E-state index in [9.17, 15) is 0 Å². The van der Waals surface area contributed by atoms with Crippen LogP contribution in [0, 0.1) is 0 Å². The Hall–Kier alpha value is -7.24. The van der Waals surface area contributed by atoms with Crippen LogP contribution >= 0.6 is 0 Å². The number of aliphatic imine (C=N–C) groups is 1. The van der Waals surface area contributed by atoms with Crippen molar-refractivity contribution in [2.45, 2.75) is 6.04 Å². The van der Waals surface area contributed by atoms with Crippen LogP contribution in [0.4, 0.5) is 0 Å². The van der Waals surface area contributed by atoms with E-state index in [0.29, 0.717) is 0 Å². The zero-order valence-electron chi connectivity index (χ0n) is 29.0. The van der Waals surface area contributed by atoms with E-state index in [-0.39, 0.29) is 6.04 Å². The molecule has 54 heavy (non-hydrogen) atoms. The fourth-order valence-corrected chi connectivity index (χ4v) is 7.95. The lowest BCUT2D eigenvalue weighted by Gasteiger charge is -2.24. The van der Waals surface area contributed by atoms with Crippen molar-refractivity contribution in [3.8, 4) is 22.4 Å². The Kier molecular flexibility index (Phi) is 6.85. The number of fused-ring (bicyclic) bond motifs is 8. The van der Waals surface area contributed by atoms with Gasteiger partial charge in [-0.2, -0.15) is 0 Å². The minimum absolute atomic E-state index is 0.0257. The molecule has 1 atom stereocenters. The van der Waals surface area contributed by atoms with E-state index in [2.05, 4.69) is 133 Å². The lowest BCUT2D eigenvalue weighted by molar-refractivity contribution is 0.670. The molecule has 0 spiro atoms. The van der Waals surface area contributed by atoms with Crippen molar-refractivity contribution in [3.05, 3.63) is 193 Å². The van der Waals surface area contributed by atoms with Crippen molar-refractivity contribution in [2.24, 2.45) is 4.99 Å². The molecule has 5 nitrogen and oxygen atoms in total. The van der Waals surface area contributed by atoms with Gasteiger partial charge in [-0.05, 0) is 35.4 Å². The lowest BCUT2D eigenvalue weighted by atomic mass is 9.96. The number of hydrogen-bond donors (Lipinski definition) is 1. The second kappa shape index (κ2) is 12.2. The van der Waals surface area contributed by atoms with Crippen LogP contribution in [0.2, 0.25) is 0 Å². The van der Waals surface area contributed by atoms with E-state index in [1.165, 1.54) is 5.56 Å². The molecular weight excluding hydrogens is 663 g/mol. The Balaban J connectivity index is 1.09. The van der Waals surface area contributed by atoms with Gasteiger partial charge in [0.2, 0.25) is 0 Å². The fraction of sp³-hybridized carbons (Fsp3) is 0.0204. The molecule has 1 N–H and O–H groups in total. The van der Waals surface area contributed by atoms with Crippen molar-refractivity contribution < 1.29 is 8.83 Å². The zero-order chi connectivity index (χ0) is 35.6. The standard InChI is InChI=1S/C49H31N3O2/c1-3-13-30(14-4-1)40-29-41(51-49(50-40)33-15-5-2-6-16-33)31-25-27-32(28-26-31)45-44-38-18-8-10-24-43(38)54-48(44)39-22-11-19-35(46(39)52-45)37-21-12-20-36-34-17-7-9-23-42(34)53-47(36)37/h1-29,40H,(H,50,51). The molecule has 5 heteroatoms. The number of nitrogens with zero attached hydrogens (tertiary/aromatic N) is 2. The molecule has 3 aromatic heterocycles. The van der Waals surface area contributed by atoms with Crippen LogP contribution in [-0.4, -0.2) is 10.8 Å². The van der Waals surface area contributed by atoms with Crippen LogP contribution in [0.5, 0.6) is 0 Å². The molecule has 254 valence electrons. The number of amidine groups is 1. The van der Waals surface area contributed by atoms with Gasteiger partial charge in [-0.15, -0.1) is 0 Å². The Morgan fingerprint density at radius 3 is 1.87 bits per heavy atom. The minimum atomic E-state index is -0.0257. The monoisotopic (exact) mass is 693 g/mol. The van der Waals surface area contributed by atoms with Gasteiger partial charge in [-0.1, -0.05) is 152 Å². The Morgan fingerprint density at radius 1 is 0.463 bits per heavy atom. The third-order valence-corrected chi connectivity index (χ3v) is 10.5. The molecular formula is C49H31N3O2. The SMILES string of the molecule is C1=C(c2ccc(-c3nc4c(-c5cccc6c5oc5ccccc56)cccc4c4oc5ccccc5c34)cc2)N=C(c2ccccc2)NC1c1ccccc1. The molecule has 0 aliphatic carbocycles. The van der Waals surface area contributed by atoms with Crippen LogP contribution < -0.4 is 5.32 Å². The highest BCUT2D eigenvalue weighted by atomic mass is 16.3. The first-order valence-corrected chi connectivity index (χ1v) is 18.2. The summed E-state index contributed by atoms with van der Waals surface area (Å²) in [6.07, 6.45) is 2.21. The van der Waals surface area contributed by atoms with Gasteiger partial charge < -0.3 is 14.2 Å². The smallest absolute Gasteiger partial charge is 0.147 e. The summed E-state index contributed by atoms with van der Waals surface area (Å²) in [6, 6.07) is 58.5. The Bertz CT molecular complexity index is 3120. The highest BCUT2D eigenvalue weighted by molar-refractivity contribution is 6.21. The third kappa shape index (κ3) is 4.86. The van der Waals surface area contributed by atoms with E-state index >= 15 is 0 Å². The van der Waals surface area contributed by atoms with Crippen molar-refractivity contribution in [1.29, 1.82) is 0 Å². The summed E-state index contributed by atoms with van der Waals surface area (Å²) in [5, 5.41) is 8.84. The first-order valence-electron chi connectivity index (χ1n) is 18.2. The number of hydrogen-bond acceptors (Lipinski definition) is 5.